The summed E-state index contributed by atoms with van der Waals surface area (Å²) in [6, 6.07) is 7.90. The lowest BCUT2D eigenvalue weighted by Gasteiger charge is -2.26. The van der Waals surface area contributed by atoms with Crippen LogP contribution in [0.1, 0.15) is 28.7 Å². The van der Waals surface area contributed by atoms with Crippen molar-refractivity contribution in [2.75, 3.05) is 13.1 Å². The molecule has 1 aromatic carbocycles. The number of ketones is 1. The summed E-state index contributed by atoms with van der Waals surface area (Å²) in [6.07, 6.45) is 2.74. The molecule has 0 amide bonds. The fraction of sp³-hybridized carbons (Fsp3) is 0.400. The van der Waals surface area contributed by atoms with Crippen molar-refractivity contribution in [1.82, 2.24) is 19.7 Å². The lowest BCUT2D eigenvalue weighted by Crippen LogP contribution is -2.37. The molecule has 1 aliphatic rings. The van der Waals surface area contributed by atoms with Gasteiger partial charge in [-0.3, -0.25) is 9.69 Å². The second-order valence-electron chi connectivity index (χ2n) is 5.12. The van der Waals surface area contributed by atoms with Crippen molar-refractivity contribution < 1.29 is 4.79 Å². The molecule has 20 heavy (non-hydrogen) atoms. The van der Waals surface area contributed by atoms with Gasteiger partial charge in [0.25, 0.3) is 0 Å². The predicted octanol–water partition coefficient (Wildman–Crippen LogP) is 1.54. The van der Waals surface area contributed by atoms with Crippen LogP contribution in [0.3, 0.4) is 0 Å². The molecule has 1 aromatic heterocycles. The summed E-state index contributed by atoms with van der Waals surface area (Å²) in [7, 11) is 0. The maximum Gasteiger partial charge on any atom is 0.176 e. The van der Waals surface area contributed by atoms with Crippen LogP contribution in [-0.2, 0) is 19.5 Å². The van der Waals surface area contributed by atoms with E-state index < -0.39 is 0 Å². The Bertz CT molecular complexity index is 603. The standard InChI is InChI=1S/C15H18N4O/c1-2-12-3-5-13(6-4-12)14(20)9-18-7-8-19-11-16-17-15(19)10-18/h3-6,11H,2,7-10H2,1H3. The third-order valence-electron chi connectivity index (χ3n) is 3.77. The van der Waals surface area contributed by atoms with Crippen molar-refractivity contribution in [2.45, 2.75) is 26.4 Å². The molecule has 5 heteroatoms. The van der Waals surface area contributed by atoms with E-state index in [1.165, 1.54) is 5.56 Å². The highest BCUT2D eigenvalue weighted by Crippen LogP contribution is 2.11. The quantitative estimate of drug-likeness (QED) is 0.791. The lowest BCUT2D eigenvalue weighted by molar-refractivity contribution is 0.0908. The van der Waals surface area contributed by atoms with Crippen molar-refractivity contribution in [3.05, 3.63) is 47.5 Å². The second kappa shape index (κ2) is 5.54. The summed E-state index contributed by atoms with van der Waals surface area (Å²) in [5.74, 6) is 1.10. The highest BCUT2D eigenvalue weighted by molar-refractivity contribution is 5.97. The minimum absolute atomic E-state index is 0.167. The van der Waals surface area contributed by atoms with Crippen LogP contribution >= 0.6 is 0 Å². The number of hydrogen-bond donors (Lipinski definition) is 0. The first-order chi connectivity index (χ1) is 9.76. The van der Waals surface area contributed by atoms with Crippen LogP contribution in [0.4, 0.5) is 0 Å². The SMILES string of the molecule is CCc1ccc(C(=O)CN2CCn3cnnc3C2)cc1. The van der Waals surface area contributed by atoms with Crippen LogP contribution in [-0.4, -0.2) is 38.5 Å². The molecule has 0 spiro atoms. The molecule has 0 saturated carbocycles. The predicted molar refractivity (Wildman–Crippen MR) is 75.4 cm³/mol. The number of carbonyl (C=O) groups excluding carboxylic acids is 1. The molecule has 0 N–H and O–H groups in total. The van der Waals surface area contributed by atoms with E-state index in [1.807, 2.05) is 28.8 Å². The summed E-state index contributed by atoms with van der Waals surface area (Å²) < 4.78 is 2.04. The normalized spacial score (nSPS) is 15.1. The first-order valence-corrected chi connectivity index (χ1v) is 6.97. The maximum absolute atomic E-state index is 12.3. The van der Waals surface area contributed by atoms with E-state index in [-0.39, 0.29) is 5.78 Å². The smallest absolute Gasteiger partial charge is 0.176 e. The third-order valence-corrected chi connectivity index (χ3v) is 3.77. The molecule has 0 radical (unpaired) electrons. The topological polar surface area (TPSA) is 51.0 Å². The van der Waals surface area contributed by atoms with Gasteiger partial charge in [-0.15, -0.1) is 10.2 Å². The van der Waals surface area contributed by atoms with Gasteiger partial charge in [0.2, 0.25) is 0 Å². The second-order valence-corrected chi connectivity index (χ2v) is 5.12. The average molecular weight is 270 g/mol. The Hall–Kier alpha value is -2.01. The molecule has 3 rings (SSSR count). The molecule has 0 saturated heterocycles. The first kappa shape index (κ1) is 13.0. The highest BCUT2D eigenvalue weighted by Gasteiger charge is 2.19. The van der Waals surface area contributed by atoms with E-state index in [2.05, 4.69) is 22.0 Å². The largest absolute Gasteiger partial charge is 0.315 e. The Morgan fingerprint density at radius 1 is 1.25 bits per heavy atom. The zero-order chi connectivity index (χ0) is 13.9. The lowest BCUT2D eigenvalue weighted by atomic mass is 10.1. The zero-order valence-electron chi connectivity index (χ0n) is 11.6. The molecule has 0 unspecified atom stereocenters. The van der Waals surface area contributed by atoms with Crippen molar-refractivity contribution in [3.8, 4) is 0 Å². The molecule has 2 heterocycles. The highest BCUT2D eigenvalue weighted by atomic mass is 16.1. The number of rotatable bonds is 4. The van der Waals surface area contributed by atoms with Gasteiger partial charge in [-0.1, -0.05) is 31.2 Å². The molecular weight excluding hydrogens is 252 g/mol. The molecule has 104 valence electrons. The van der Waals surface area contributed by atoms with Gasteiger partial charge in [0.05, 0.1) is 13.1 Å². The van der Waals surface area contributed by atoms with E-state index in [1.54, 1.807) is 6.33 Å². The molecule has 0 fully saturated rings. The van der Waals surface area contributed by atoms with Crippen LogP contribution in [0, 0.1) is 0 Å². The van der Waals surface area contributed by atoms with Gasteiger partial charge in [0, 0.05) is 18.7 Å². The molecule has 0 atom stereocenters. The van der Waals surface area contributed by atoms with Crippen LogP contribution < -0.4 is 0 Å². The van der Waals surface area contributed by atoms with Crippen LogP contribution in [0.15, 0.2) is 30.6 Å². The van der Waals surface area contributed by atoms with Crippen molar-refractivity contribution in [2.24, 2.45) is 0 Å². The molecule has 1 aliphatic heterocycles. The minimum atomic E-state index is 0.167. The number of Topliss-reactive ketones (excluding diaryl/α,β-unsaturated/α-hetero) is 1. The summed E-state index contributed by atoms with van der Waals surface area (Å²) in [5, 5.41) is 7.97. The van der Waals surface area contributed by atoms with E-state index >= 15 is 0 Å². The molecule has 0 bridgehead atoms. The Kier molecular flexibility index (Phi) is 3.60. The monoisotopic (exact) mass is 270 g/mol. The first-order valence-electron chi connectivity index (χ1n) is 6.97. The molecule has 0 aliphatic carbocycles. The Labute approximate surface area is 118 Å². The van der Waals surface area contributed by atoms with Crippen LogP contribution in [0.25, 0.3) is 0 Å². The number of hydrogen-bond acceptors (Lipinski definition) is 4. The minimum Gasteiger partial charge on any atom is -0.315 e. The fourth-order valence-electron chi connectivity index (χ4n) is 2.47. The number of fused-ring (bicyclic) bond motifs is 1. The third kappa shape index (κ3) is 2.63. The Morgan fingerprint density at radius 2 is 2.05 bits per heavy atom. The van der Waals surface area contributed by atoms with E-state index in [4.69, 9.17) is 0 Å². The van der Waals surface area contributed by atoms with Gasteiger partial charge in [-0.25, -0.2) is 0 Å². The summed E-state index contributed by atoms with van der Waals surface area (Å²) in [6.45, 7) is 4.96. The maximum atomic E-state index is 12.3. The number of nitrogens with zero attached hydrogens (tertiary/aromatic N) is 4. The van der Waals surface area contributed by atoms with Gasteiger partial charge in [0.1, 0.15) is 12.2 Å². The van der Waals surface area contributed by atoms with Gasteiger partial charge in [-0.2, -0.15) is 0 Å². The van der Waals surface area contributed by atoms with Gasteiger partial charge in [0.15, 0.2) is 5.78 Å². The van der Waals surface area contributed by atoms with Crippen LogP contribution in [0.5, 0.6) is 0 Å². The average Bonchev–Trinajstić information content (AvgIpc) is 2.95. The van der Waals surface area contributed by atoms with Gasteiger partial charge < -0.3 is 4.57 Å². The van der Waals surface area contributed by atoms with Crippen molar-refractivity contribution in [1.29, 1.82) is 0 Å². The van der Waals surface area contributed by atoms with Gasteiger partial charge >= 0.3 is 0 Å². The molecular formula is C15H18N4O. The van der Waals surface area contributed by atoms with E-state index in [0.717, 1.165) is 30.9 Å². The molecule has 2 aromatic rings. The Balaban J connectivity index is 1.64. The fourth-order valence-corrected chi connectivity index (χ4v) is 2.47. The number of benzene rings is 1. The summed E-state index contributed by atoms with van der Waals surface area (Å²) >= 11 is 0. The molecule has 5 nitrogen and oxygen atoms in total. The van der Waals surface area contributed by atoms with E-state index in [0.29, 0.717) is 13.1 Å². The van der Waals surface area contributed by atoms with Crippen molar-refractivity contribution >= 4 is 5.78 Å². The van der Waals surface area contributed by atoms with E-state index in [9.17, 15) is 4.79 Å². The summed E-state index contributed by atoms with van der Waals surface area (Å²) in [5.41, 5.74) is 2.04. The van der Waals surface area contributed by atoms with Crippen LogP contribution in [0.2, 0.25) is 0 Å². The zero-order valence-corrected chi connectivity index (χ0v) is 11.6. The summed E-state index contributed by atoms with van der Waals surface area (Å²) in [4.78, 5) is 14.4. The number of aryl methyl sites for hydroxylation is 1. The number of aromatic nitrogens is 3. The Morgan fingerprint density at radius 3 is 2.80 bits per heavy atom. The van der Waals surface area contributed by atoms with Gasteiger partial charge in [-0.05, 0) is 12.0 Å². The number of carbonyl (C=O) groups is 1. The van der Waals surface area contributed by atoms with Crippen molar-refractivity contribution in [3.63, 3.8) is 0 Å².